The lowest BCUT2D eigenvalue weighted by molar-refractivity contribution is -0.118. The van der Waals surface area contributed by atoms with E-state index in [1.54, 1.807) is 13.4 Å². The van der Waals surface area contributed by atoms with Gasteiger partial charge >= 0.3 is 0 Å². The molecule has 1 aliphatic rings. The summed E-state index contributed by atoms with van der Waals surface area (Å²) in [5.74, 6) is 1.96. The van der Waals surface area contributed by atoms with E-state index in [-0.39, 0.29) is 11.7 Å². The first-order valence-electron chi connectivity index (χ1n) is 11.0. The predicted molar refractivity (Wildman–Crippen MR) is 129 cm³/mol. The number of amides is 1. The van der Waals surface area contributed by atoms with Crippen molar-refractivity contribution in [2.24, 2.45) is 0 Å². The van der Waals surface area contributed by atoms with E-state index in [9.17, 15) is 4.79 Å². The van der Waals surface area contributed by atoms with Crippen LogP contribution in [0.1, 0.15) is 12.5 Å². The van der Waals surface area contributed by atoms with E-state index in [4.69, 9.17) is 4.74 Å². The Morgan fingerprint density at radius 3 is 2.58 bits per heavy atom. The molecule has 0 bridgehead atoms. The molecule has 0 unspecified atom stereocenters. The van der Waals surface area contributed by atoms with Crippen molar-refractivity contribution in [3.8, 4) is 11.4 Å². The predicted octanol–water partition coefficient (Wildman–Crippen LogP) is 2.22. The van der Waals surface area contributed by atoms with E-state index >= 15 is 0 Å². The maximum Gasteiger partial charge on any atom is 0.230 e. The van der Waals surface area contributed by atoms with Crippen LogP contribution in [0.4, 0.5) is 5.82 Å². The van der Waals surface area contributed by atoms with Gasteiger partial charge in [0.15, 0.2) is 5.16 Å². The number of likely N-dealkylation sites (N-methyl/N-ethyl adjacent to an activating group) is 1. The molecule has 0 aliphatic carbocycles. The lowest BCUT2D eigenvalue weighted by Gasteiger charge is -2.34. The van der Waals surface area contributed by atoms with Crippen molar-refractivity contribution in [1.29, 1.82) is 0 Å². The molecular formula is C23H29N7O2S. The number of methoxy groups -OCH3 is 1. The largest absolute Gasteiger partial charge is 0.497 e. The SMILES string of the molecule is CCN1CCN(c2ccc(CNC(=O)CSc3nncn3-c3ccc(OC)cc3)cn2)CC1. The summed E-state index contributed by atoms with van der Waals surface area (Å²) in [5.41, 5.74) is 1.89. The Hall–Kier alpha value is -3.11. The molecule has 1 N–H and O–H groups in total. The Labute approximate surface area is 198 Å². The second kappa shape index (κ2) is 11.2. The minimum Gasteiger partial charge on any atom is -0.497 e. The minimum absolute atomic E-state index is 0.0657. The number of pyridine rings is 1. The van der Waals surface area contributed by atoms with Gasteiger partial charge in [-0.1, -0.05) is 24.8 Å². The fourth-order valence-corrected chi connectivity index (χ4v) is 4.38. The van der Waals surface area contributed by atoms with Crippen LogP contribution < -0.4 is 15.0 Å². The molecule has 174 valence electrons. The van der Waals surface area contributed by atoms with Gasteiger partial charge in [-0.05, 0) is 42.4 Å². The molecule has 4 rings (SSSR count). The monoisotopic (exact) mass is 467 g/mol. The number of ether oxygens (including phenoxy) is 1. The van der Waals surface area contributed by atoms with Gasteiger partial charge in [-0.2, -0.15) is 0 Å². The van der Waals surface area contributed by atoms with Crippen LogP contribution in [0.5, 0.6) is 5.75 Å². The fraction of sp³-hybridized carbons (Fsp3) is 0.391. The smallest absolute Gasteiger partial charge is 0.230 e. The normalized spacial score (nSPS) is 14.3. The maximum atomic E-state index is 12.4. The Bertz CT molecular complexity index is 1030. The van der Waals surface area contributed by atoms with Crippen molar-refractivity contribution in [3.63, 3.8) is 0 Å². The summed E-state index contributed by atoms with van der Waals surface area (Å²) in [5, 5.41) is 11.7. The third kappa shape index (κ3) is 6.02. The van der Waals surface area contributed by atoms with Gasteiger partial charge in [-0.3, -0.25) is 9.36 Å². The van der Waals surface area contributed by atoms with E-state index in [0.29, 0.717) is 11.7 Å². The van der Waals surface area contributed by atoms with Crippen LogP contribution >= 0.6 is 11.8 Å². The number of nitrogens with one attached hydrogen (secondary N) is 1. The number of piperazine rings is 1. The highest BCUT2D eigenvalue weighted by Crippen LogP contribution is 2.21. The first kappa shape index (κ1) is 23.1. The molecule has 3 aromatic rings. The standard InChI is InChI=1S/C23H29N7O2S/c1-3-28-10-12-29(13-11-28)21-9-4-18(14-24-21)15-25-22(31)16-33-23-27-26-17-30(23)19-5-7-20(32-2)8-6-19/h4-9,14,17H,3,10-13,15-16H2,1-2H3,(H,25,31). The molecule has 0 atom stereocenters. The summed E-state index contributed by atoms with van der Waals surface area (Å²) in [6, 6.07) is 11.7. The van der Waals surface area contributed by atoms with Crippen molar-refractivity contribution >= 4 is 23.5 Å². The van der Waals surface area contributed by atoms with Crippen molar-refractivity contribution in [3.05, 3.63) is 54.5 Å². The van der Waals surface area contributed by atoms with Crippen LogP contribution in [0, 0.1) is 0 Å². The van der Waals surface area contributed by atoms with E-state index in [0.717, 1.165) is 55.5 Å². The number of nitrogens with zero attached hydrogens (tertiary/aromatic N) is 6. The van der Waals surface area contributed by atoms with E-state index < -0.39 is 0 Å². The molecule has 1 saturated heterocycles. The summed E-state index contributed by atoms with van der Waals surface area (Å²) in [4.78, 5) is 21.7. The third-order valence-electron chi connectivity index (χ3n) is 5.64. The van der Waals surface area contributed by atoms with E-state index in [1.807, 2.05) is 47.2 Å². The average Bonchev–Trinajstić information content (AvgIpc) is 3.35. The van der Waals surface area contributed by atoms with Gasteiger partial charge in [-0.15, -0.1) is 10.2 Å². The Kier molecular flexibility index (Phi) is 7.79. The highest BCUT2D eigenvalue weighted by atomic mass is 32.2. The van der Waals surface area contributed by atoms with Gasteiger partial charge in [-0.25, -0.2) is 4.98 Å². The molecule has 0 spiro atoms. The van der Waals surface area contributed by atoms with E-state index in [2.05, 4.69) is 37.2 Å². The van der Waals surface area contributed by atoms with Crippen molar-refractivity contribution in [2.45, 2.75) is 18.6 Å². The molecule has 0 saturated carbocycles. The van der Waals surface area contributed by atoms with Gasteiger partial charge in [0.25, 0.3) is 0 Å². The van der Waals surface area contributed by atoms with Gasteiger partial charge in [0.1, 0.15) is 17.9 Å². The second-order valence-electron chi connectivity index (χ2n) is 7.69. The summed E-state index contributed by atoms with van der Waals surface area (Å²) in [7, 11) is 1.63. The topological polar surface area (TPSA) is 88.4 Å². The number of carbonyl (C=O) groups excluding carboxylic acids is 1. The number of aromatic nitrogens is 4. The van der Waals surface area contributed by atoms with Crippen LogP contribution in [0.15, 0.2) is 54.1 Å². The number of anilines is 1. The molecule has 9 nitrogen and oxygen atoms in total. The van der Waals surface area contributed by atoms with Gasteiger partial charge < -0.3 is 19.9 Å². The molecule has 1 aliphatic heterocycles. The van der Waals surface area contributed by atoms with Crippen molar-refractivity contribution in [2.75, 3.05) is 50.5 Å². The second-order valence-corrected chi connectivity index (χ2v) is 8.64. The van der Waals surface area contributed by atoms with Crippen LogP contribution in [0.25, 0.3) is 5.69 Å². The zero-order chi connectivity index (χ0) is 23.0. The summed E-state index contributed by atoms with van der Waals surface area (Å²) in [6.45, 7) is 7.87. The van der Waals surface area contributed by atoms with Gasteiger partial charge in [0.05, 0.1) is 12.9 Å². The number of thioether (sulfide) groups is 1. The van der Waals surface area contributed by atoms with E-state index in [1.165, 1.54) is 11.8 Å². The minimum atomic E-state index is -0.0657. The zero-order valence-corrected chi connectivity index (χ0v) is 19.8. The molecule has 1 aromatic carbocycles. The zero-order valence-electron chi connectivity index (χ0n) is 19.0. The molecular weight excluding hydrogens is 438 g/mol. The Balaban J connectivity index is 1.24. The molecule has 10 heteroatoms. The highest BCUT2D eigenvalue weighted by Gasteiger charge is 2.16. The van der Waals surface area contributed by atoms with Gasteiger partial charge in [0, 0.05) is 44.6 Å². The van der Waals surface area contributed by atoms with Crippen molar-refractivity contribution < 1.29 is 9.53 Å². The van der Waals surface area contributed by atoms with Crippen LogP contribution in [-0.4, -0.2) is 76.1 Å². The number of rotatable bonds is 9. The van der Waals surface area contributed by atoms with Crippen LogP contribution in [0.3, 0.4) is 0 Å². The van der Waals surface area contributed by atoms with Gasteiger partial charge in [0.2, 0.25) is 5.91 Å². The molecule has 33 heavy (non-hydrogen) atoms. The molecule has 1 amide bonds. The quantitative estimate of drug-likeness (QED) is 0.480. The Morgan fingerprint density at radius 1 is 1.12 bits per heavy atom. The molecule has 3 heterocycles. The Morgan fingerprint density at radius 2 is 1.91 bits per heavy atom. The number of carbonyl (C=O) groups is 1. The number of hydrogen-bond acceptors (Lipinski definition) is 8. The van der Waals surface area contributed by atoms with Crippen molar-refractivity contribution in [1.82, 2.24) is 30.0 Å². The van der Waals surface area contributed by atoms with Crippen LogP contribution in [-0.2, 0) is 11.3 Å². The molecule has 1 fully saturated rings. The number of benzene rings is 1. The summed E-state index contributed by atoms with van der Waals surface area (Å²) >= 11 is 1.34. The lowest BCUT2D eigenvalue weighted by Crippen LogP contribution is -2.46. The average molecular weight is 468 g/mol. The molecule has 2 aromatic heterocycles. The summed E-state index contributed by atoms with van der Waals surface area (Å²) in [6.07, 6.45) is 3.48. The maximum absolute atomic E-state index is 12.4. The number of hydrogen-bond donors (Lipinski definition) is 1. The molecule has 0 radical (unpaired) electrons. The highest BCUT2D eigenvalue weighted by molar-refractivity contribution is 7.99. The fourth-order valence-electron chi connectivity index (χ4n) is 3.63. The summed E-state index contributed by atoms with van der Waals surface area (Å²) < 4.78 is 7.04. The first-order valence-corrected chi connectivity index (χ1v) is 12.0. The van der Waals surface area contributed by atoms with Crippen LogP contribution in [0.2, 0.25) is 0 Å². The lowest BCUT2D eigenvalue weighted by atomic mass is 10.2. The third-order valence-corrected chi connectivity index (χ3v) is 6.58. The first-order chi connectivity index (χ1) is 16.2.